The Hall–Kier alpha value is -2.15. The maximum Gasteiger partial charge on any atom is 0.224 e. The number of hydrogen-bond donors (Lipinski definition) is 1. The van der Waals surface area contributed by atoms with Gasteiger partial charge >= 0.3 is 0 Å². The van der Waals surface area contributed by atoms with Gasteiger partial charge in [0.2, 0.25) is 5.91 Å². The van der Waals surface area contributed by atoms with E-state index in [1.807, 2.05) is 47.7 Å². The minimum atomic E-state index is 0.159. The summed E-state index contributed by atoms with van der Waals surface area (Å²) in [4.78, 5) is 14.5. The van der Waals surface area contributed by atoms with Gasteiger partial charge in [-0.05, 0) is 62.2 Å². The van der Waals surface area contributed by atoms with Crippen LogP contribution in [0.2, 0.25) is 0 Å². The topological polar surface area (TPSA) is 63.1 Å². The van der Waals surface area contributed by atoms with Crippen LogP contribution in [0.25, 0.3) is 11.4 Å². The predicted molar refractivity (Wildman–Crippen MR) is 113 cm³/mol. The van der Waals surface area contributed by atoms with E-state index < -0.39 is 0 Å². The number of nitrogens with one attached hydrogen (secondary N) is 1. The number of carbonyl (C=O) groups excluding carboxylic acids is 1. The quantitative estimate of drug-likeness (QED) is 0.663. The molecule has 1 amide bonds. The molecule has 1 aliphatic rings. The van der Waals surface area contributed by atoms with Crippen molar-refractivity contribution in [3.8, 4) is 17.1 Å². The second kappa shape index (κ2) is 9.87. The number of benzene rings is 1. The van der Waals surface area contributed by atoms with Gasteiger partial charge in [0.15, 0.2) is 10.6 Å². The lowest BCUT2D eigenvalue weighted by atomic mass is 9.89. The van der Waals surface area contributed by atoms with Gasteiger partial charge in [-0.15, -0.1) is 0 Å². The Balaban J connectivity index is 1.62. The maximum atomic E-state index is 12.6. The zero-order valence-electron chi connectivity index (χ0n) is 16.8. The lowest BCUT2D eigenvalue weighted by Gasteiger charge is -2.27. The molecular weight excluding hydrogens is 372 g/mol. The third-order valence-corrected chi connectivity index (χ3v) is 5.73. The third-order valence-electron chi connectivity index (χ3n) is 5.41. The Morgan fingerprint density at radius 1 is 1.29 bits per heavy atom. The number of rotatable bonds is 8. The van der Waals surface area contributed by atoms with E-state index in [1.165, 1.54) is 32.1 Å². The molecule has 0 bridgehead atoms. The lowest BCUT2D eigenvalue weighted by Crippen LogP contribution is -2.33. The molecule has 28 heavy (non-hydrogen) atoms. The molecule has 6 nitrogen and oxygen atoms in total. The van der Waals surface area contributed by atoms with Gasteiger partial charge in [-0.1, -0.05) is 19.3 Å². The van der Waals surface area contributed by atoms with Crippen molar-refractivity contribution in [3.63, 3.8) is 0 Å². The van der Waals surface area contributed by atoms with E-state index in [-0.39, 0.29) is 5.91 Å². The zero-order valence-corrected chi connectivity index (χ0v) is 17.6. The Labute approximate surface area is 171 Å². The van der Waals surface area contributed by atoms with Gasteiger partial charge in [0.25, 0.3) is 0 Å². The standard InChI is InChI=1S/C21H30N4O2S/c1-3-27-18-11-9-17(10-12-18)20-22-23-21(28)25(20)14-13-19(26)24(2)15-16-7-5-4-6-8-16/h9-12,16H,3-8,13-15H2,1-2H3,(H,23,28). The molecule has 1 heterocycles. The molecule has 1 aliphatic carbocycles. The second-order valence-electron chi connectivity index (χ2n) is 7.49. The van der Waals surface area contributed by atoms with Crippen LogP contribution >= 0.6 is 12.2 Å². The molecular formula is C21H30N4O2S. The van der Waals surface area contributed by atoms with Crippen molar-refractivity contribution >= 4 is 18.1 Å². The van der Waals surface area contributed by atoms with Gasteiger partial charge in [0.1, 0.15) is 5.75 Å². The minimum Gasteiger partial charge on any atom is -0.494 e. The van der Waals surface area contributed by atoms with Crippen LogP contribution in [0.4, 0.5) is 0 Å². The average Bonchev–Trinajstić information content (AvgIpc) is 3.08. The molecule has 7 heteroatoms. The summed E-state index contributed by atoms with van der Waals surface area (Å²) in [5.41, 5.74) is 0.943. The van der Waals surface area contributed by atoms with Crippen LogP contribution in [0.1, 0.15) is 45.4 Å². The van der Waals surface area contributed by atoms with E-state index in [0.29, 0.717) is 30.3 Å². The van der Waals surface area contributed by atoms with Crippen LogP contribution in [0.3, 0.4) is 0 Å². The van der Waals surface area contributed by atoms with Crippen LogP contribution in [-0.4, -0.2) is 45.8 Å². The number of nitrogens with zero attached hydrogens (tertiary/aromatic N) is 3. The normalized spacial score (nSPS) is 14.8. The molecule has 3 rings (SSSR count). The van der Waals surface area contributed by atoms with Crippen LogP contribution in [0.5, 0.6) is 5.75 Å². The highest BCUT2D eigenvalue weighted by Gasteiger charge is 2.19. The van der Waals surface area contributed by atoms with E-state index in [1.54, 1.807) is 0 Å². The van der Waals surface area contributed by atoms with Crippen molar-refractivity contribution in [2.75, 3.05) is 20.2 Å². The summed E-state index contributed by atoms with van der Waals surface area (Å²) in [6.07, 6.45) is 6.82. The van der Waals surface area contributed by atoms with Crippen molar-refractivity contribution in [2.24, 2.45) is 5.92 Å². The lowest BCUT2D eigenvalue weighted by molar-refractivity contribution is -0.130. The highest BCUT2D eigenvalue weighted by atomic mass is 32.1. The molecule has 0 atom stereocenters. The van der Waals surface area contributed by atoms with Gasteiger partial charge in [-0.25, -0.2) is 0 Å². The summed E-state index contributed by atoms with van der Waals surface area (Å²) >= 11 is 5.38. The molecule has 0 aliphatic heterocycles. The molecule has 0 radical (unpaired) electrons. The van der Waals surface area contributed by atoms with Crippen LogP contribution in [-0.2, 0) is 11.3 Å². The number of carbonyl (C=O) groups is 1. The SMILES string of the molecule is CCOc1ccc(-c2n[nH]c(=S)n2CCC(=O)N(C)CC2CCCCC2)cc1. The predicted octanol–water partition coefficient (Wildman–Crippen LogP) is 4.44. The zero-order chi connectivity index (χ0) is 19.9. The summed E-state index contributed by atoms with van der Waals surface area (Å²) in [7, 11) is 1.92. The molecule has 1 aromatic carbocycles. The molecule has 0 saturated heterocycles. The number of H-pyrrole nitrogens is 1. The fourth-order valence-electron chi connectivity index (χ4n) is 3.87. The van der Waals surface area contributed by atoms with Gasteiger partial charge in [0.05, 0.1) is 6.61 Å². The summed E-state index contributed by atoms with van der Waals surface area (Å²) in [6, 6.07) is 7.76. The Morgan fingerprint density at radius 2 is 2.00 bits per heavy atom. The Kier molecular flexibility index (Phi) is 7.25. The first-order valence-electron chi connectivity index (χ1n) is 10.2. The number of amides is 1. The van der Waals surface area contributed by atoms with Gasteiger partial charge in [0, 0.05) is 32.1 Å². The third kappa shape index (κ3) is 5.22. The largest absolute Gasteiger partial charge is 0.494 e. The molecule has 2 aromatic rings. The Morgan fingerprint density at radius 3 is 2.68 bits per heavy atom. The number of hydrogen-bond acceptors (Lipinski definition) is 4. The van der Waals surface area contributed by atoms with Gasteiger partial charge in [-0.3, -0.25) is 14.5 Å². The summed E-state index contributed by atoms with van der Waals surface area (Å²) in [6.45, 7) is 3.98. The number of ether oxygens (including phenoxy) is 1. The molecule has 0 unspecified atom stereocenters. The molecule has 1 fully saturated rings. The number of aromatic amines is 1. The fourth-order valence-corrected chi connectivity index (χ4v) is 4.09. The molecule has 1 N–H and O–H groups in total. The number of aromatic nitrogens is 3. The minimum absolute atomic E-state index is 0.159. The van der Waals surface area contributed by atoms with E-state index in [9.17, 15) is 4.79 Å². The monoisotopic (exact) mass is 402 g/mol. The first-order valence-corrected chi connectivity index (χ1v) is 10.6. The van der Waals surface area contributed by atoms with E-state index in [2.05, 4.69) is 10.2 Å². The van der Waals surface area contributed by atoms with E-state index in [0.717, 1.165) is 23.7 Å². The van der Waals surface area contributed by atoms with Crippen molar-refractivity contribution in [2.45, 2.75) is 52.0 Å². The Bertz CT molecular complexity index is 822. The van der Waals surface area contributed by atoms with Crippen molar-refractivity contribution in [1.82, 2.24) is 19.7 Å². The van der Waals surface area contributed by atoms with Crippen LogP contribution in [0.15, 0.2) is 24.3 Å². The van der Waals surface area contributed by atoms with E-state index in [4.69, 9.17) is 17.0 Å². The molecule has 1 saturated carbocycles. The van der Waals surface area contributed by atoms with E-state index >= 15 is 0 Å². The smallest absolute Gasteiger partial charge is 0.224 e. The highest BCUT2D eigenvalue weighted by molar-refractivity contribution is 7.71. The summed E-state index contributed by atoms with van der Waals surface area (Å²) < 4.78 is 7.93. The molecule has 1 aromatic heterocycles. The fraction of sp³-hybridized carbons (Fsp3) is 0.571. The van der Waals surface area contributed by atoms with Gasteiger partial charge in [-0.2, -0.15) is 5.10 Å². The summed E-state index contributed by atoms with van der Waals surface area (Å²) in [5.74, 6) is 2.38. The molecule has 0 spiro atoms. The molecule has 152 valence electrons. The first-order chi connectivity index (χ1) is 13.6. The maximum absolute atomic E-state index is 12.6. The first kappa shape index (κ1) is 20.6. The second-order valence-corrected chi connectivity index (χ2v) is 7.88. The van der Waals surface area contributed by atoms with Crippen LogP contribution in [0, 0.1) is 10.7 Å². The summed E-state index contributed by atoms with van der Waals surface area (Å²) in [5, 5.41) is 7.21. The van der Waals surface area contributed by atoms with Crippen molar-refractivity contribution in [1.29, 1.82) is 0 Å². The van der Waals surface area contributed by atoms with Gasteiger partial charge < -0.3 is 9.64 Å². The van der Waals surface area contributed by atoms with Crippen LogP contribution < -0.4 is 4.74 Å². The van der Waals surface area contributed by atoms with Crippen molar-refractivity contribution in [3.05, 3.63) is 29.0 Å². The van der Waals surface area contributed by atoms with Crippen molar-refractivity contribution < 1.29 is 9.53 Å². The highest BCUT2D eigenvalue weighted by Crippen LogP contribution is 2.24. The average molecular weight is 403 g/mol.